The summed E-state index contributed by atoms with van der Waals surface area (Å²) < 4.78 is 0. The number of hydrogen-bond acceptors (Lipinski definition) is 2. The van der Waals surface area contributed by atoms with E-state index in [1.54, 1.807) is 0 Å². The molecular formula is C14H23NO. The van der Waals surface area contributed by atoms with Crippen LogP contribution in [0, 0.1) is 19.3 Å². The number of rotatable bonds is 4. The second-order valence-corrected chi connectivity index (χ2v) is 4.92. The van der Waals surface area contributed by atoms with Gasteiger partial charge >= 0.3 is 0 Å². The van der Waals surface area contributed by atoms with Crippen LogP contribution in [0.25, 0.3) is 0 Å². The summed E-state index contributed by atoms with van der Waals surface area (Å²) in [5, 5.41) is 10.5. The molecule has 90 valence electrons. The summed E-state index contributed by atoms with van der Waals surface area (Å²) in [5.74, 6) is 0. The van der Waals surface area contributed by atoms with E-state index in [9.17, 15) is 5.11 Å². The molecule has 0 aliphatic heterocycles. The van der Waals surface area contributed by atoms with Crippen molar-refractivity contribution in [2.24, 2.45) is 11.1 Å². The summed E-state index contributed by atoms with van der Waals surface area (Å²) in [6.07, 6.45) is 0.391. The Morgan fingerprint density at radius 2 is 1.81 bits per heavy atom. The zero-order valence-electron chi connectivity index (χ0n) is 10.7. The maximum Gasteiger partial charge on any atom is 0.0860 e. The fourth-order valence-corrected chi connectivity index (χ4v) is 2.06. The first-order chi connectivity index (χ1) is 7.46. The maximum atomic E-state index is 10.5. The van der Waals surface area contributed by atoms with Crippen LogP contribution in [0.15, 0.2) is 18.2 Å². The van der Waals surface area contributed by atoms with Gasteiger partial charge in [0.25, 0.3) is 0 Å². The van der Waals surface area contributed by atoms with Crippen molar-refractivity contribution < 1.29 is 5.11 Å². The third-order valence-corrected chi connectivity index (χ3v) is 3.75. The average Bonchev–Trinajstić information content (AvgIpc) is 2.27. The minimum atomic E-state index is -0.483. The van der Waals surface area contributed by atoms with Gasteiger partial charge in [0, 0.05) is 12.0 Å². The van der Waals surface area contributed by atoms with E-state index >= 15 is 0 Å². The molecule has 0 bridgehead atoms. The van der Waals surface area contributed by atoms with Gasteiger partial charge < -0.3 is 10.8 Å². The van der Waals surface area contributed by atoms with Crippen LogP contribution in [0.3, 0.4) is 0 Å². The molecule has 2 unspecified atom stereocenters. The van der Waals surface area contributed by atoms with Gasteiger partial charge in [0.2, 0.25) is 0 Å². The largest absolute Gasteiger partial charge is 0.388 e. The molecule has 1 rings (SSSR count). The zero-order chi connectivity index (χ0) is 12.3. The summed E-state index contributed by atoms with van der Waals surface area (Å²) in [4.78, 5) is 0. The quantitative estimate of drug-likeness (QED) is 0.821. The number of hydrogen-bond donors (Lipinski definition) is 2. The van der Waals surface area contributed by atoms with Gasteiger partial charge in [-0.15, -0.1) is 0 Å². The fourth-order valence-electron chi connectivity index (χ4n) is 2.06. The highest BCUT2D eigenvalue weighted by Crippen LogP contribution is 2.38. The second kappa shape index (κ2) is 4.98. The first-order valence-electron chi connectivity index (χ1n) is 5.90. The van der Waals surface area contributed by atoms with Crippen LogP contribution in [-0.2, 0) is 0 Å². The van der Waals surface area contributed by atoms with Crippen molar-refractivity contribution in [3.05, 3.63) is 34.9 Å². The number of aryl methyl sites for hydroxylation is 2. The van der Waals surface area contributed by atoms with Crippen molar-refractivity contribution in [1.82, 2.24) is 0 Å². The monoisotopic (exact) mass is 221 g/mol. The zero-order valence-corrected chi connectivity index (χ0v) is 10.7. The molecule has 2 heteroatoms. The SMILES string of the molecule is CCC(C)(CN)C(O)c1c(C)cccc1C. The molecule has 1 aromatic carbocycles. The molecule has 0 aromatic heterocycles. The molecule has 2 nitrogen and oxygen atoms in total. The van der Waals surface area contributed by atoms with Crippen LogP contribution in [0.1, 0.15) is 43.1 Å². The molecule has 0 heterocycles. The van der Waals surface area contributed by atoms with E-state index in [4.69, 9.17) is 5.73 Å². The molecule has 1 aromatic rings. The summed E-state index contributed by atoms with van der Waals surface area (Å²) in [7, 11) is 0. The minimum absolute atomic E-state index is 0.239. The Labute approximate surface area is 98.5 Å². The second-order valence-electron chi connectivity index (χ2n) is 4.92. The van der Waals surface area contributed by atoms with E-state index in [1.807, 2.05) is 39.0 Å². The molecule has 0 aliphatic carbocycles. The molecule has 3 N–H and O–H groups in total. The number of benzene rings is 1. The Morgan fingerprint density at radius 3 is 2.19 bits per heavy atom. The van der Waals surface area contributed by atoms with Gasteiger partial charge in [-0.1, -0.05) is 32.0 Å². The molecule has 0 saturated carbocycles. The lowest BCUT2D eigenvalue weighted by molar-refractivity contribution is 0.0382. The third-order valence-electron chi connectivity index (χ3n) is 3.75. The molecule has 2 atom stereocenters. The van der Waals surface area contributed by atoms with Crippen molar-refractivity contribution in [3.63, 3.8) is 0 Å². The van der Waals surface area contributed by atoms with Crippen LogP contribution in [0.5, 0.6) is 0 Å². The molecule has 0 amide bonds. The van der Waals surface area contributed by atoms with E-state index < -0.39 is 6.10 Å². The fraction of sp³-hybridized carbons (Fsp3) is 0.571. The molecule has 0 spiro atoms. The highest BCUT2D eigenvalue weighted by Gasteiger charge is 2.32. The Bertz CT molecular complexity index is 336. The van der Waals surface area contributed by atoms with E-state index in [-0.39, 0.29) is 5.41 Å². The van der Waals surface area contributed by atoms with Crippen molar-refractivity contribution in [1.29, 1.82) is 0 Å². The van der Waals surface area contributed by atoms with E-state index in [0.29, 0.717) is 6.54 Å². The molecule has 0 aliphatic rings. The van der Waals surface area contributed by atoms with Crippen molar-refractivity contribution >= 4 is 0 Å². The van der Waals surface area contributed by atoms with E-state index in [1.165, 1.54) is 0 Å². The molecule has 0 fully saturated rings. The lowest BCUT2D eigenvalue weighted by Gasteiger charge is -2.34. The lowest BCUT2D eigenvalue weighted by atomic mass is 9.76. The molecule has 0 saturated heterocycles. The van der Waals surface area contributed by atoms with Gasteiger partial charge in [0.05, 0.1) is 6.10 Å². The Balaban J connectivity index is 3.18. The highest BCUT2D eigenvalue weighted by molar-refractivity contribution is 5.36. The van der Waals surface area contributed by atoms with Crippen LogP contribution in [-0.4, -0.2) is 11.7 Å². The Kier molecular flexibility index (Phi) is 4.11. The predicted molar refractivity (Wildman–Crippen MR) is 68.3 cm³/mol. The van der Waals surface area contributed by atoms with Gasteiger partial charge in [-0.3, -0.25) is 0 Å². The van der Waals surface area contributed by atoms with E-state index in [0.717, 1.165) is 23.1 Å². The van der Waals surface area contributed by atoms with Gasteiger partial charge in [-0.2, -0.15) is 0 Å². The van der Waals surface area contributed by atoms with Crippen LogP contribution in [0.4, 0.5) is 0 Å². The van der Waals surface area contributed by atoms with Crippen molar-refractivity contribution in [3.8, 4) is 0 Å². The summed E-state index contributed by atoms with van der Waals surface area (Å²) in [5.41, 5.74) is 8.87. The smallest absolute Gasteiger partial charge is 0.0860 e. The van der Waals surface area contributed by atoms with Crippen LogP contribution >= 0.6 is 0 Å². The first kappa shape index (κ1) is 13.2. The Morgan fingerprint density at radius 1 is 1.31 bits per heavy atom. The molecular weight excluding hydrogens is 198 g/mol. The lowest BCUT2D eigenvalue weighted by Crippen LogP contribution is -2.34. The van der Waals surface area contributed by atoms with Gasteiger partial charge in [0.1, 0.15) is 0 Å². The van der Waals surface area contributed by atoms with Gasteiger partial charge in [-0.25, -0.2) is 0 Å². The normalized spacial score (nSPS) is 16.9. The average molecular weight is 221 g/mol. The van der Waals surface area contributed by atoms with Crippen LogP contribution < -0.4 is 5.73 Å². The van der Waals surface area contributed by atoms with Crippen molar-refractivity contribution in [2.45, 2.75) is 40.2 Å². The first-order valence-corrected chi connectivity index (χ1v) is 5.90. The minimum Gasteiger partial charge on any atom is -0.388 e. The summed E-state index contributed by atoms with van der Waals surface area (Å²) in [6.45, 7) is 8.70. The number of aliphatic hydroxyl groups is 1. The topological polar surface area (TPSA) is 46.2 Å². The highest BCUT2D eigenvalue weighted by atomic mass is 16.3. The summed E-state index contributed by atoms with van der Waals surface area (Å²) >= 11 is 0. The van der Waals surface area contributed by atoms with Gasteiger partial charge in [0.15, 0.2) is 0 Å². The Hall–Kier alpha value is -0.860. The third kappa shape index (κ3) is 2.28. The predicted octanol–water partition coefficient (Wildman–Crippen LogP) is 2.71. The molecule has 16 heavy (non-hydrogen) atoms. The standard InChI is InChI=1S/C14H23NO/c1-5-14(4,9-15)13(16)12-10(2)7-6-8-11(12)3/h6-8,13,16H,5,9,15H2,1-4H3. The summed E-state index contributed by atoms with van der Waals surface area (Å²) in [6, 6.07) is 6.10. The van der Waals surface area contributed by atoms with E-state index in [2.05, 4.69) is 6.92 Å². The van der Waals surface area contributed by atoms with Crippen molar-refractivity contribution in [2.75, 3.05) is 6.54 Å². The van der Waals surface area contributed by atoms with Crippen LogP contribution in [0.2, 0.25) is 0 Å². The number of aliphatic hydroxyl groups excluding tert-OH is 1. The number of nitrogens with two attached hydrogens (primary N) is 1. The van der Waals surface area contributed by atoms with Gasteiger partial charge in [-0.05, 0) is 37.0 Å². The molecule has 0 radical (unpaired) electrons. The maximum absolute atomic E-state index is 10.5.